The molecule has 0 bridgehead atoms. The molecule has 0 saturated carbocycles. The van der Waals surface area contributed by atoms with Crippen LogP contribution in [0.15, 0.2) is 6.07 Å². The van der Waals surface area contributed by atoms with Crippen LogP contribution in [0.2, 0.25) is 0 Å². The molecule has 3 rings (SSSR count). The van der Waals surface area contributed by atoms with Crippen LogP contribution >= 0.6 is 11.3 Å². The van der Waals surface area contributed by atoms with Crippen LogP contribution in [0.3, 0.4) is 0 Å². The van der Waals surface area contributed by atoms with Gasteiger partial charge in [-0.25, -0.2) is 0 Å². The van der Waals surface area contributed by atoms with Gasteiger partial charge in [0.25, 0.3) is 5.91 Å². The van der Waals surface area contributed by atoms with E-state index in [0.29, 0.717) is 5.92 Å². The van der Waals surface area contributed by atoms with Crippen LogP contribution in [0.5, 0.6) is 0 Å². The third-order valence-electron chi connectivity index (χ3n) is 4.69. The van der Waals surface area contributed by atoms with Crippen LogP contribution in [-0.4, -0.2) is 30.4 Å². The van der Waals surface area contributed by atoms with Crippen LogP contribution in [0, 0.1) is 5.92 Å². The number of fused-ring (bicyclic) bond motifs is 1. The molecular formula is C16H24N2OS. The Bertz CT molecular complexity index is 451. The molecule has 1 aromatic rings. The van der Waals surface area contributed by atoms with Gasteiger partial charge >= 0.3 is 0 Å². The summed E-state index contributed by atoms with van der Waals surface area (Å²) in [6.07, 6.45) is 8.34. The highest BCUT2D eigenvalue weighted by molar-refractivity contribution is 7.14. The first-order valence-corrected chi connectivity index (χ1v) is 8.70. The molecule has 0 unspecified atom stereocenters. The monoisotopic (exact) mass is 292 g/mol. The number of likely N-dealkylation sites (tertiary alicyclic amines) is 1. The van der Waals surface area contributed by atoms with E-state index < -0.39 is 0 Å². The number of hydrogen-bond acceptors (Lipinski definition) is 3. The number of piperidine rings is 1. The third kappa shape index (κ3) is 2.91. The van der Waals surface area contributed by atoms with Crippen LogP contribution < -0.4 is 5.73 Å². The van der Waals surface area contributed by atoms with Crippen molar-refractivity contribution in [2.24, 2.45) is 11.7 Å². The summed E-state index contributed by atoms with van der Waals surface area (Å²) < 4.78 is 0. The van der Waals surface area contributed by atoms with Gasteiger partial charge in [0.2, 0.25) is 0 Å². The molecule has 110 valence electrons. The largest absolute Gasteiger partial charge is 0.338 e. The van der Waals surface area contributed by atoms with Crippen molar-refractivity contribution in [3.05, 3.63) is 21.4 Å². The van der Waals surface area contributed by atoms with Crippen LogP contribution in [0.4, 0.5) is 0 Å². The van der Waals surface area contributed by atoms with Crippen molar-refractivity contribution in [2.45, 2.75) is 44.9 Å². The summed E-state index contributed by atoms with van der Waals surface area (Å²) in [5.74, 6) is 0.859. The van der Waals surface area contributed by atoms with Gasteiger partial charge in [-0.05, 0) is 62.6 Å². The van der Waals surface area contributed by atoms with Crippen molar-refractivity contribution in [2.75, 3.05) is 19.6 Å². The molecule has 0 radical (unpaired) electrons. The van der Waals surface area contributed by atoms with Crippen LogP contribution in [-0.2, 0) is 12.8 Å². The van der Waals surface area contributed by atoms with E-state index in [9.17, 15) is 4.79 Å². The Balaban J connectivity index is 1.68. The summed E-state index contributed by atoms with van der Waals surface area (Å²) in [5.41, 5.74) is 7.15. The molecule has 3 nitrogen and oxygen atoms in total. The minimum absolute atomic E-state index is 0.249. The first-order valence-electron chi connectivity index (χ1n) is 7.89. The van der Waals surface area contributed by atoms with Gasteiger partial charge in [0, 0.05) is 18.0 Å². The lowest BCUT2D eigenvalue weighted by atomic mass is 9.97. The minimum atomic E-state index is 0.249. The molecule has 0 spiro atoms. The van der Waals surface area contributed by atoms with E-state index in [4.69, 9.17) is 5.73 Å². The van der Waals surface area contributed by atoms with E-state index in [-0.39, 0.29) is 5.91 Å². The summed E-state index contributed by atoms with van der Waals surface area (Å²) >= 11 is 1.74. The SMILES string of the molecule is NCC1CCN(C(=O)c2cc3c(s2)CCCCC3)CC1. The van der Waals surface area contributed by atoms with E-state index in [1.807, 2.05) is 4.90 Å². The van der Waals surface area contributed by atoms with E-state index in [1.54, 1.807) is 11.3 Å². The van der Waals surface area contributed by atoms with E-state index in [2.05, 4.69) is 6.07 Å². The first kappa shape index (κ1) is 14.1. The minimum Gasteiger partial charge on any atom is -0.338 e. The first-order chi connectivity index (χ1) is 9.78. The second-order valence-corrected chi connectivity index (χ2v) is 7.23. The van der Waals surface area contributed by atoms with Gasteiger partial charge in [-0.1, -0.05) is 6.42 Å². The van der Waals surface area contributed by atoms with Gasteiger partial charge in [-0.15, -0.1) is 11.3 Å². The number of hydrogen-bond donors (Lipinski definition) is 1. The summed E-state index contributed by atoms with van der Waals surface area (Å²) in [6, 6.07) is 2.17. The van der Waals surface area contributed by atoms with Crippen molar-refractivity contribution in [1.82, 2.24) is 4.90 Å². The Morgan fingerprint density at radius 1 is 1.25 bits per heavy atom. The summed E-state index contributed by atoms with van der Waals surface area (Å²) in [6.45, 7) is 2.52. The Hall–Kier alpha value is -0.870. The summed E-state index contributed by atoms with van der Waals surface area (Å²) in [5, 5.41) is 0. The van der Waals surface area contributed by atoms with Gasteiger partial charge in [-0.2, -0.15) is 0 Å². The maximum absolute atomic E-state index is 12.6. The number of carbonyl (C=O) groups excluding carboxylic acids is 1. The number of aryl methyl sites for hydroxylation is 2. The molecule has 1 aliphatic heterocycles. The average molecular weight is 292 g/mol. The number of nitrogens with two attached hydrogens (primary N) is 1. The Kier molecular flexibility index (Phi) is 4.41. The summed E-state index contributed by atoms with van der Waals surface area (Å²) in [4.78, 5) is 17.1. The fraction of sp³-hybridized carbons (Fsp3) is 0.688. The smallest absolute Gasteiger partial charge is 0.263 e. The van der Waals surface area contributed by atoms with Crippen molar-refractivity contribution in [3.8, 4) is 0 Å². The molecule has 1 aromatic heterocycles. The number of thiophene rings is 1. The fourth-order valence-electron chi connectivity index (χ4n) is 3.30. The maximum Gasteiger partial charge on any atom is 0.263 e. The third-order valence-corrected chi connectivity index (χ3v) is 5.92. The lowest BCUT2D eigenvalue weighted by Crippen LogP contribution is -2.39. The van der Waals surface area contributed by atoms with Crippen molar-refractivity contribution >= 4 is 17.2 Å². The van der Waals surface area contributed by atoms with Gasteiger partial charge in [0.1, 0.15) is 0 Å². The predicted molar refractivity (Wildman–Crippen MR) is 83.3 cm³/mol. The fourth-order valence-corrected chi connectivity index (χ4v) is 4.52. The van der Waals surface area contributed by atoms with Gasteiger partial charge in [0.15, 0.2) is 0 Å². The highest BCUT2D eigenvalue weighted by atomic mass is 32.1. The molecular weight excluding hydrogens is 268 g/mol. The second-order valence-electron chi connectivity index (χ2n) is 6.09. The van der Waals surface area contributed by atoms with E-state index >= 15 is 0 Å². The summed E-state index contributed by atoms with van der Waals surface area (Å²) in [7, 11) is 0. The molecule has 1 fully saturated rings. The van der Waals surface area contributed by atoms with E-state index in [1.165, 1.54) is 36.1 Å². The molecule has 2 heterocycles. The average Bonchev–Trinajstić information content (AvgIpc) is 2.77. The maximum atomic E-state index is 12.6. The number of rotatable bonds is 2. The number of carbonyl (C=O) groups is 1. The zero-order chi connectivity index (χ0) is 13.9. The van der Waals surface area contributed by atoms with Crippen molar-refractivity contribution in [3.63, 3.8) is 0 Å². The Labute approximate surface area is 125 Å². The standard InChI is InChI=1S/C16H24N2OS/c17-11-12-6-8-18(9-7-12)16(19)15-10-13-4-2-1-3-5-14(13)20-15/h10,12H,1-9,11,17H2. The zero-order valence-corrected chi connectivity index (χ0v) is 12.9. The lowest BCUT2D eigenvalue weighted by molar-refractivity contribution is 0.0698. The normalized spacial score (nSPS) is 20.6. The van der Waals surface area contributed by atoms with Crippen LogP contribution in [0.25, 0.3) is 0 Å². The topological polar surface area (TPSA) is 46.3 Å². The van der Waals surface area contributed by atoms with E-state index in [0.717, 1.165) is 43.8 Å². The molecule has 2 N–H and O–H groups in total. The molecule has 20 heavy (non-hydrogen) atoms. The lowest BCUT2D eigenvalue weighted by Gasteiger charge is -2.31. The highest BCUT2D eigenvalue weighted by Crippen LogP contribution is 2.30. The number of amides is 1. The molecule has 1 saturated heterocycles. The van der Waals surface area contributed by atoms with Crippen LogP contribution in [0.1, 0.15) is 52.2 Å². The molecule has 0 atom stereocenters. The molecule has 4 heteroatoms. The highest BCUT2D eigenvalue weighted by Gasteiger charge is 2.25. The van der Waals surface area contributed by atoms with Gasteiger partial charge < -0.3 is 10.6 Å². The molecule has 1 aliphatic carbocycles. The van der Waals surface area contributed by atoms with Gasteiger partial charge in [0.05, 0.1) is 4.88 Å². The Morgan fingerprint density at radius 3 is 2.75 bits per heavy atom. The van der Waals surface area contributed by atoms with Crippen molar-refractivity contribution in [1.29, 1.82) is 0 Å². The Morgan fingerprint density at radius 2 is 2.00 bits per heavy atom. The molecule has 2 aliphatic rings. The molecule has 1 amide bonds. The predicted octanol–water partition coefficient (Wildman–Crippen LogP) is 2.83. The zero-order valence-electron chi connectivity index (χ0n) is 12.1. The van der Waals surface area contributed by atoms with Gasteiger partial charge in [-0.3, -0.25) is 4.79 Å². The molecule has 0 aromatic carbocycles. The number of nitrogens with zero attached hydrogens (tertiary/aromatic N) is 1. The van der Waals surface area contributed by atoms with Crippen molar-refractivity contribution < 1.29 is 4.79 Å². The quantitative estimate of drug-likeness (QED) is 0.852. The second kappa shape index (κ2) is 6.27.